The first-order chi connectivity index (χ1) is 18.5. The van der Waals surface area contributed by atoms with Crippen LogP contribution in [0.5, 0.6) is 0 Å². The van der Waals surface area contributed by atoms with Crippen molar-refractivity contribution in [2.75, 3.05) is 4.72 Å². The monoisotopic (exact) mass is 557 g/mol. The lowest BCUT2D eigenvalue weighted by molar-refractivity contribution is -0.139. The smallest absolute Gasteiger partial charge is 0.326 e. The van der Waals surface area contributed by atoms with Crippen molar-refractivity contribution in [3.63, 3.8) is 0 Å². The average molecular weight is 558 g/mol. The maximum absolute atomic E-state index is 14.7. The van der Waals surface area contributed by atoms with E-state index in [0.717, 1.165) is 0 Å². The molecule has 39 heavy (non-hydrogen) atoms. The van der Waals surface area contributed by atoms with Gasteiger partial charge in [0.25, 0.3) is 21.5 Å². The predicted octanol–water partition coefficient (Wildman–Crippen LogP) is 2.08. The molecule has 0 aliphatic heterocycles. The molecule has 4 rings (SSSR count). The largest absolute Gasteiger partial charge is 0.480 e. The molecule has 0 saturated heterocycles. The number of aromatic nitrogens is 3. The molecule has 2 aromatic carbocycles. The Morgan fingerprint density at radius 3 is 2.18 bits per heavy atom. The van der Waals surface area contributed by atoms with E-state index in [9.17, 15) is 36.7 Å². The Labute approximate surface area is 220 Å². The van der Waals surface area contributed by atoms with E-state index >= 15 is 0 Å². The molecule has 202 valence electrons. The Morgan fingerprint density at radius 2 is 1.64 bits per heavy atom. The van der Waals surface area contributed by atoms with Crippen LogP contribution in [-0.2, 0) is 28.3 Å². The number of carboxylic acids is 1. The first-order valence-electron chi connectivity index (χ1n) is 11.3. The van der Waals surface area contributed by atoms with Crippen LogP contribution in [0.1, 0.15) is 15.9 Å². The zero-order valence-corrected chi connectivity index (χ0v) is 21.0. The highest BCUT2D eigenvalue weighted by Gasteiger charge is 2.26. The summed E-state index contributed by atoms with van der Waals surface area (Å²) in [6.45, 7) is 0. The number of aryl methyl sites for hydroxylation is 1. The van der Waals surface area contributed by atoms with E-state index in [1.165, 1.54) is 35.3 Å². The van der Waals surface area contributed by atoms with Crippen LogP contribution in [0.25, 0.3) is 5.69 Å². The van der Waals surface area contributed by atoms with E-state index in [4.69, 9.17) is 0 Å². The molecule has 0 spiro atoms. The van der Waals surface area contributed by atoms with E-state index in [1.807, 2.05) is 4.72 Å². The van der Waals surface area contributed by atoms with Crippen LogP contribution < -0.4 is 15.6 Å². The van der Waals surface area contributed by atoms with Crippen LogP contribution in [0.3, 0.4) is 0 Å². The minimum atomic E-state index is -4.19. The lowest BCUT2D eigenvalue weighted by Gasteiger charge is -2.16. The quantitative estimate of drug-likeness (QED) is 0.285. The van der Waals surface area contributed by atoms with Crippen molar-refractivity contribution in [2.24, 2.45) is 7.05 Å². The Bertz CT molecular complexity index is 1680. The average Bonchev–Trinajstić information content (AvgIpc) is 3.21. The molecule has 11 nitrogen and oxygen atoms in total. The summed E-state index contributed by atoms with van der Waals surface area (Å²) >= 11 is 0. The van der Waals surface area contributed by atoms with E-state index in [2.05, 4.69) is 10.3 Å². The number of hydrogen-bond acceptors (Lipinski definition) is 6. The number of carboxylic acid groups (broad SMARTS) is 1. The zero-order valence-electron chi connectivity index (χ0n) is 20.2. The van der Waals surface area contributed by atoms with Gasteiger partial charge in [-0.15, -0.1) is 0 Å². The summed E-state index contributed by atoms with van der Waals surface area (Å²) in [6, 6.07) is 9.69. The van der Waals surface area contributed by atoms with Gasteiger partial charge in [0.1, 0.15) is 23.2 Å². The van der Waals surface area contributed by atoms with Gasteiger partial charge in [0.15, 0.2) is 0 Å². The van der Waals surface area contributed by atoms with Gasteiger partial charge < -0.3 is 10.4 Å². The van der Waals surface area contributed by atoms with E-state index < -0.39 is 50.8 Å². The first-order valence-corrected chi connectivity index (χ1v) is 12.7. The highest BCUT2D eigenvalue weighted by atomic mass is 32.2. The number of pyridine rings is 1. The topological polar surface area (TPSA) is 152 Å². The summed E-state index contributed by atoms with van der Waals surface area (Å²) < 4.78 is 59.3. The fourth-order valence-electron chi connectivity index (χ4n) is 3.79. The highest BCUT2D eigenvalue weighted by Crippen LogP contribution is 2.22. The Balaban J connectivity index is 1.50. The van der Waals surface area contributed by atoms with Gasteiger partial charge in [-0.25, -0.2) is 26.7 Å². The third-order valence-corrected chi connectivity index (χ3v) is 7.06. The normalized spacial score (nSPS) is 12.1. The molecule has 1 atom stereocenters. The number of carbonyl (C=O) groups is 2. The Hall–Kier alpha value is -4.85. The lowest BCUT2D eigenvalue weighted by Crippen LogP contribution is -2.43. The number of halogens is 2. The van der Waals surface area contributed by atoms with Gasteiger partial charge in [-0.3, -0.25) is 24.0 Å². The number of aliphatic carboxylic acids is 1. The molecule has 2 heterocycles. The molecule has 0 aliphatic carbocycles. The van der Waals surface area contributed by atoms with Crippen LogP contribution in [-0.4, -0.2) is 45.8 Å². The van der Waals surface area contributed by atoms with Crippen LogP contribution in [0, 0.1) is 11.6 Å². The standard InChI is InChI=1S/C25H21F2N5O6S/c1-31-11-8-22(33)32(31)17-4-2-15(3-5-17)12-21(25(35)36)29-24(34)23-19(26)13-16(14-20(23)27)30-39(37,38)18-6-9-28-10-7-18/h2-11,13-14,21,30H,12H2,1H3,(H,29,34)(H,35,36)/t21-/m0/s1. The fourth-order valence-corrected chi connectivity index (χ4v) is 4.82. The number of hydrogen-bond donors (Lipinski definition) is 3. The molecule has 1 amide bonds. The second kappa shape index (κ2) is 10.9. The number of carbonyl (C=O) groups excluding carboxylic acids is 1. The van der Waals surface area contributed by atoms with Crippen LogP contribution in [0.4, 0.5) is 14.5 Å². The second-order valence-electron chi connectivity index (χ2n) is 8.38. The van der Waals surface area contributed by atoms with Crippen LogP contribution in [0.2, 0.25) is 0 Å². The SMILES string of the molecule is Cn1ccc(=O)n1-c1ccc(C[C@H](NC(=O)c2c(F)cc(NS(=O)(=O)c3ccncc3)cc2F)C(=O)O)cc1. The van der Waals surface area contributed by atoms with Crippen LogP contribution >= 0.6 is 0 Å². The summed E-state index contributed by atoms with van der Waals surface area (Å²) in [5.74, 6) is -5.59. The minimum absolute atomic E-state index is 0.201. The first kappa shape index (κ1) is 27.2. The molecular formula is C25H21F2N5O6S. The lowest BCUT2D eigenvalue weighted by atomic mass is 10.0. The molecule has 14 heteroatoms. The number of benzene rings is 2. The van der Waals surface area contributed by atoms with Crippen molar-refractivity contribution in [2.45, 2.75) is 17.4 Å². The molecule has 0 fully saturated rings. The maximum atomic E-state index is 14.7. The zero-order chi connectivity index (χ0) is 28.3. The number of amides is 1. The summed E-state index contributed by atoms with van der Waals surface area (Å²) in [5.41, 5.74) is -0.829. The fraction of sp³-hybridized carbons (Fsp3) is 0.120. The second-order valence-corrected chi connectivity index (χ2v) is 10.1. The molecule has 0 aliphatic rings. The summed E-state index contributed by atoms with van der Waals surface area (Å²) in [7, 11) is -2.52. The molecule has 3 N–H and O–H groups in total. The Morgan fingerprint density at radius 1 is 1.03 bits per heavy atom. The molecule has 4 aromatic rings. The summed E-state index contributed by atoms with van der Waals surface area (Å²) in [6.07, 6.45) is 3.80. The molecular weight excluding hydrogens is 536 g/mol. The van der Waals surface area contributed by atoms with Gasteiger partial charge >= 0.3 is 5.97 Å². The maximum Gasteiger partial charge on any atom is 0.326 e. The summed E-state index contributed by atoms with van der Waals surface area (Å²) in [4.78, 5) is 39.9. The van der Waals surface area contributed by atoms with Crippen molar-refractivity contribution in [1.82, 2.24) is 19.7 Å². The van der Waals surface area contributed by atoms with Crippen molar-refractivity contribution >= 4 is 27.6 Å². The molecule has 0 bridgehead atoms. The van der Waals surface area contributed by atoms with E-state index in [1.54, 1.807) is 42.2 Å². The predicted molar refractivity (Wildman–Crippen MR) is 135 cm³/mol. The number of nitrogens with zero attached hydrogens (tertiary/aromatic N) is 3. The molecule has 2 aromatic heterocycles. The Kier molecular flexibility index (Phi) is 7.58. The molecule has 0 saturated carbocycles. The van der Waals surface area contributed by atoms with Gasteiger partial charge in [0.2, 0.25) is 0 Å². The van der Waals surface area contributed by atoms with Crippen molar-refractivity contribution < 1.29 is 31.9 Å². The van der Waals surface area contributed by atoms with Gasteiger partial charge in [-0.2, -0.15) is 0 Å². The number of sulfonamides is 1. The van der Waals surface area contributed by atoms with Gasteiger partial charge in [0.05, 0.1) is 16.3 Å². The van der Waals surface area contributed by atoms with Gasteiger partial charge in [-0.1, -0.05) is 12.1 Å². The van der Waals surface area contributed by atoms with Crippen LogP contribution in [0.15, 0.2) is 82.9 Å². The van der Waals surface area contributed by atoms with Crippen molar-refractivity contribution in [1.29, 1.82) is 0 Å². The van der Waals surface area contributed by atoms with Gasteiger partial charge in [-0.05, 0) is 42.0 Å². The van der Waals surface area contributed by atoms with E-state index in [-0.39, 0.29) is 16.9 Å². The minimum Gasteiger partial charge on any atom is -0.480 e. The molecule has 0 unspecified atom stereocenters. The highest BCUT2D eigenvalue weighted by molar-refractivity contribution is 7.92. The van der Waals surface area contributed by atoms with Crippen molar-refractivity contribution in [3.05, 3.63) is 106 Å². The van der Waals surface area contributed by atoms with Crippen molar-refractivity contribution in [3.8, 4) is 5.69 Å². The third kappa shape index (κ3) is 6.01. The molecule has 0 radical (unpaired) electrons. The number of anilines is 1. The van der Waals surface area contributed by atoms with Gasteiger partial charge in [0, 0.05) is 38.1 Å². The third-order valence-electron chi connectivity index (χ3n) is 5.66. The number of nitrogens with one attached hydrogen (secondary N) is 2. The number of rotatable bonds is 9. The summed E-state index contributed by atoms with van der Waals surface area (Å²) in [5, 5.41) is 11.7. The van der Waals surface area contributed by atoms with E-state index in [0.29, 0.717) is 23.4 Å².